The van der Waals surface area contributed by atoms with Gasteiger partial charge >= 0.3 is 12.0 Å². The lowest BCUT2D eigenvalue weighted by Crippen LogP contribution is -2.54. The molecule has 1 aliphatic carbocycles. The van der Waals surface area contributed by atoms with Crippen LogP contribution in [0.4, 0.5) is 4.79 Å². The van der Waals surface area contributed by atoms with Gasteiger partial charge in [0.25, 0.3) is 0 Å². The molecule has 5 nitrogen and oxygen atoms in total. The Morgan fingerprint density at radius 3 is 2.26 bits per heavy atom. The summed E-state index contributed by atoms with van der Waals surface area (Å²) in [5.41, 5.74) is -0.502. The number of urea groups is 1. The summed E-state index contributed by atoms with van der Waals surface area (Å²) in [5.74, 6) is -0.464. The van der Waals surface area contributed by atoms with Crippen LogP contribution in [0.5, 0.6) is 0 Å². The molecular formula is C14H26N2O3. The number of hydrogen-bond acceptors (Lipinski definition) is 2. The molecule has 2 amide bonds. The van der Waals surface area contributed by atoms with E-state index in [2.05, 4.69) is 5.32 Å². The lowest BCUT2D eigenvalue weighted by molar-refractivity contribution is -0.138. The van der Waals surface area contributed by atoms with Crippen LogP contribution < -0.4 is 5.32 Å². The third-order valence-corrected chi connectivity index (χ3v) is 3.81. The first kappa shape index (κ1) is 15.8. The number of carboxylic acid groups (broad SMARTS) is 1. The molecular weight excluding hydrogens is 244 g/mol. The number of carbonyl (C=O) groups excluding carboxylic acids is 1. The Morgan fingerprint density at radius 1 is 1.32 bits per heavy atom. The highest BCUT2D eigenvalue weighted by Gasteiger charge is 2.31. The molecule has 1 rings (SSSR count). The Hall–Kier alpha value is -1.26. The summed E-state index contributed by atoms with van der Waals surface area (Å²) in [6, 6.07) is -0.178. The van der Waals surface area contributed by atoms with Crippen LogP contribution in [-0.2, 0) is 4.79 Å². The quantitative estimate of drug-likeness (QED) is 0.824. The maximum Gasteiger partial charge on any atom is 0.323 e. The lowest BCUT2D eigenvalue weighted by Gasteiger charge is -2.36. The van der Waals surface area contributed by atoms with Gasteiger partial charge in [-0.3, -0.25) is 4.79 Å². The van der Waals surface area contributed by atoms with Gasteiger partial charge in [-0.05, 0) is 46.5 Å². The fraction of sp³-hybridized carbons (Fsp3) is 0.857. The summed E-state index contributed by atoms with van der Waals surface area (Å²) in [5, 5.41) is 11.9. The van der Waals surface area contributed by atoms with Crippen molar-refractivity contribution in [2.75, 3.05) is 6.54 Å². The number of carbonyl (C=O) groups is 2. The zero-order valence-electron chi connectivity index (χ0n) is 12.4. The van der Waals surface area contributed by atoms with Crippen LogP contribution in [0.1, 0.15) is 53.4 Å². The van der Waals surface area contributed by atoms with Gasteiger partial charge in [-0.2, -0.15) is 0 Å². The van der Waals surface area contributed by atoms with Crippen molar-refractivity contribution in [1.82, 2.24) is 10.2 Å². The molecule has 110 valence electrons. The number of carboxylic acids is 1. The van der Waals surface area contributed by atoms with Gasteiger partial charge < -0.3 is 15.3 Å². The number of hydrogen-bond donors (Lipinski definition) is 2. The first-order valence-corrected chi connectivity index (χ1v) is 7.01. The predicted molar refractivity (Wildman–Crippen MR) is 74.0 cm³/mol. The van der Waals surface area contributed by atoms with Crippen molar-refractivity contribution >= 4 is 12.0 Å². The van der Waals surface area contributed by atoms with E-state index in [4.69, 9.17) is 5.11 Å². The van der Waals surface area contributed by atoms with Crippen molar-refractivity contribution in [3.63, 3.8) is 0 Å². The molecule has 19 heavy (non-hydrogen) atoms. The van der Waals surface area contributed by atoms with Crippen molar-refractivity contribution in [3.8, 4) is 0 Å². The van der Waals surface area contributed by atoms with Crippen LogP contribution in [-0.4, -0.2) is 40.1 Å². The summed E-state index contributed by atoms with van der Waals surface area (Å²) in [4.78, 5) is 24.5. The van der Waals surface area contributed by atoms with Crippen LogP contribution in [0.25, 0.3) is 0 Å². The largest absolute Gasteiger partial charge is 0.480 e. The van der Waals surface area contributed by atoms with Gasteiger partial charge in [0.15, 0.2) is 0 Å². The highest BCUT2D eigenvalue weighted by Crippen LogP contribution is 2.27. The van der Waals surface area contributed by atoms with Gasteiger partial charge in [-0.15, -0.1) is 0 Å². The predicted octanol–water partition coefficient (Wildman–Crippen LogP) is 2.46. The highest BCUT2D eigenvalue weighted by molar-refractivity contribution is 5.81. The molecule has 5 heteroatoms. The zero-order chi connectivity index (χ0) is 14.6. The van der Waals surface area contributed by atoms with Gasteiger partial charge in [0, 0.05) is 11.6 Å². The molecule has 1 atom stereocenters. The summed E-state index contributed by atoms with van der Waals surface area (Å²) in [7, 11) is 0. The SMILES string of the molecule is CC(NC(=O)N(CC(=O)O)C(C)(C)C)C1CCCC1. The molecule has 0 aromatic rings. The fourth-order valence-corrected chi connectivity index (χ4v) is 2.60. The molecule has 0 bridgehead atoms. The standard InChI is InChI=1S/C14H26N2O3/c1-10(11-7-5-6-8-11)15-13(19)16(9-12(17)18)14(2,3)4/h10-11H,5-9H2,1-4H3,(H,15,19)(H,17,18). The third-order valence-electron chi connectivity index (χ3n) is 3.81. The number of nitrogens with one attached hydrogen (secondary N) is 1. The van der Waals surface area contributed by atoms with E-state index in [0.717, 1.165) is 12.8 Å². The van der Waals surface area contributed by atoms with Gasteiger partial charge in [-0.25, -0.2) is 4.79 Å². The third kappa shape index (κ3) is 4.73. The molecule has 0 radical (unpaired) electrons. The number of nitrogens with zero attached hydrogens (tertiary/aromatic N) is 1. The van der Waals surface area contributed by atoms with Crippen molar-refractivity contribution < 1.29 is 14.7 Å². The van der Waals surface area contributed by atoms with E-state index in [1.807, 2.05) is 27.7 Å². The van der Waals surface area contributed by atoms with Crippen LogP contribution in [0, 0.1) is 5.92 Å². The number of aliphatic carboxylic acids is 1. The molecule has 2 N–H and O–H groups in total. The van der Waals surface area contributed by atoms with Crippen molar-refractivity contribution in [1.29, 1.82) is 0 Å². The van der Waals surface area contributed by atoms with Crippen LogP contribution >= 0.6 is 0 Å². The first-order chi connectivity index (χ1) is 8.71. The maximum atomic E-state index is 12.2. The van der Waals surface area contributed by atoms with Crippen LogP contribution in [0.2, 0.25) is 0 Å². The summed E-state index contributed by atoms with van der Waals surface area (Å²) in [6.45, 7) is 7.27. The minimum atomic E-state index is -0.987. The Morgan fingerprint density at radius 2 is 1.84 bits per heavy atom. The Kier molecular flexibility index (Phi) is 5.20. The molecule has 0 aromatic heterocycles. The fourth-order valence-electron chi connectivity index (χ4n) is 2.60. The van der Waals surface area contributed by atoms with E-state index in [9.17, 15) is 9.59 Å². The van der Waals surface area contributed by atoms with Gasteiger partial charge in [0.2, 0.25) is 0 Å². The highest BCUT2D eigenvalue weighted by atomic mass is 16.4. The smallest absolute Gasteiger partial charge is 0.323 e. The van der Waals surface area contributed by atoms with E-state index < -0.39 is 11.5 Å². The second-order valence-electron chi connectivity index (χ2n) is 6.43. The first-order valence-electron chi connectivity index (χ1n) is 7.01. The van der Waals surface area contributed by atoms with Gasteiger partial charge in [0.1, 0.15) is 6.54 Å². The van der Waals surface area contributed by atoms with Crippen molar-refractivity contribution in [2.45, 2.75) is 65.0 Å². The molecule has 0 saturated heterocycles. The van der Waals surface area contributed by atoms with Crippen molar-refractivity contribution in [2.24, 2.45) is 5.92 Å². The number of amides is 2. The summed E-state index contributed by atoms with van der Waals surface area (Å²) >= 11 is 0. The molecule has 1 aliphatic rings. The van der Waals surface area contributed by atoms with E-state index in [1.165, 1.54) is 17.7 Å². The second-order valence-corrected chi connectivity index (χ2v) is 6.43. The normalized spacial score (nSPS) is 18.1. The minimum absolute atomic E-state index is 0.105. The summed E-state index contributed by atoms with van der Waals surface area (Å²) in [6.07, 6.45) is 4.75. The average molecular weight is 270 g/mol. The molecule has 1 fully saturated rings. The van der Waals surface area contributed by atoms with Gasteiger partial charge in [-0.1, -0.05) is 12.8 Å². The van der Waals surface area contributed by atoms with E-state index in [-0.39, 0.29) is 18.6 Å². The Balaban J connectivity index is 2.63. The minimum Gasteiger partial charge on any atom is -0.480 e. The zero-order valence-corrected chi connectivity index (χ0v) is 12.4. The lowest BCUT2D eigenvalue weighted by atomic mass is 10.00. The summed E-state index contributed by atoms with van der Waals surface area (Å²) < 4.78 is 0. The molecule has 0 heterocycles. The molecule has 0 aromatic carbocycles. The van der Waals surface area contributed by atoms with E-state index in [1.54, 1.807) is 0 Å². The topological polar surface area (TPSA) is 69.6 Å². The average Bonchev–Trinajstić information content (AvgIpc) is 2.77. The van der Waals surface area contributed by atoms with Gasteiger partial charge in [0.05, 0.1) is 0 Å². The van der Waals surface area contributed by atoms with E-state index >= 15 is 0 Å². The van der Waals surface area contributed by atoms with E-state index in [0.29, 0.717) is 5.92 Å². The van der Waals surface area contributed by atoms with Crippen LogP contribution in [0.15, 0.2) is 0 Å². The maximum absolute atomic E-state index is 12.2. The Bertz CT molecular complexity index is 330. The van der Waals surface area contributed by atoms with Crippen molar-refractivity contribution in [3.05, 3.63) is 0 Å². The van der Waals surface area contributed by atoms with Crippen LogP contribution in [0.3, 0.4) is 0 Å². The monoisotopic (exact) mass is 270 g/mol. The Labute approximate surface area is 115 Å². The molecule has 1 saturated carbocycles. The molecule has 0 spiro atoms. The molecule has 1 unspecified atom stereocenters. The number of rotatable bonds is 4. The second kappa shape index (κ2) is 6.26. The molecule has 0 aliphatic heterocycles.